The SMILES string of the molecule is Cl.Clc1ccc(CC2CCCCCN2)cc1. The molecule has 1 fully saturated rings. The minimum absolute atomic E-state index is 0. The number of halogens is 2. The Morgan fingerprint density at radius 3 is 2.62 bits per heavy atom. The van der Waals surface area contributed by atoms with Crippen molar-refractivity contribution in [3.8, 4) is 0 Å². The van der Waals surface area contributed by atoms with E-state index in [0.717, 1.165) is 11.4 Å². The van der Waals surface area contributed by atoms with Crippen LogP contribution in [0.15, 0.2) is 24.3 Å². The number of nitrogens with one attached hydrogen (secondary N) is 1. The predicted molar refractivity (Wildman–Crippen MR) is 72.7 cm³/mol. The summed E-state index contributed by atoms with van der Waals surface area (Å²) in [4.78, 5) is 0. The first-order valence-corrected chi connectivity index (χ1v) is 6.20. The molecule has 0 radical (unpaired) electrons. The number of benzene rings is 1. The summed E-state index contributed by atoms with van der Waals surface area (Å²) in [5, 5.41) is 4.44. The summed E-state index contributed by atoms with van der Waals surface area (Å²) in [6, 6.07) is 8.89. The zero-order chi connectivity index (χ0) is 10.5. The molecule has 1 saturated heterocycles. The zero-order valence-corrected chi connectivity index (χ0v) is 11.0. The van der Waals surface area contributed by atoms with Gasteiger partial charge in [-0.3, -0.25) is 0 Å². The Labute approximate surface area is 109 Å². The third kappa shape index (κ3) is 4.32. The van der Waals surface area contributed by atoms with E-state index in [1.807, 2.05) is 12.1 Å². The molecule has 1 aliphatic heterocycles. The summed E-state index contributed by atoms with van der Waals surface area (Å²) in [5.41, 5.74) is 1.39. The van der Waals surface area contributed by atoms with Crippen molar-refractivity contribution in [1.82, 2.24) is 5.32 Å². The van der Waals surface area contributed by atoms with Crippen LogP contribution in [0.5, 0.6) is 0 Å². The molecular formula is C13H19Cl2N. The monoisotopic (exact) mass is 259 g/mol. The zero-order valence-electron chi connectivity index (χ0n) is 9.42. The molecule has 0 aliphatic carbocycles. The average Bonchev–Trinajstić information content (AvgIpc) is 2.50. The summed E-state index contributed by atoms with van der Waals surface area (Å²) in [6.07, 6.45) is 6.52. The first-order valence-electron chi connectivity index (χ1n) is 5.82. The maximum atomic E-state index is 5.86. The van der Waals surface area contributed by atoms with Crippen molar-refractivity contribution < 1.29 is 0 Å². The van der Waals surface area contributed by atoms with Gasteiger partial charge >= 0.3 is 0 Å². The van der Waals surface area contributed by atoms with Crippen LogP contribution in [0.2, 0.25) is 5.02 Å². The molecule has 1 N–H and O–H groups in total. The number of rotatable bonds is 2. The van der Waals surface area contributed by atoms with Crippen molar-refractivity contribution in [2.45, 2.75) is 38.1 Å². The van der Waals surface area contributed by atoms with Gasteiger partial charge in [0, 0.05) is 11.1 Å². The van der Waals surface area contributed by atoms with E-state index in [9.17, 15) is 0 Å². The van der Waals surface area contributed by atoms with Gasteiger partial charge in [-0.15, -0.1) is 12.4 Å². The van der Waals surface area contributed by atoms with E-state index in [2.05, 4.69) is 17.4 Å². The summed E-state index contributed by atoms with van der Waals surface area (Å²) in [6.45, 7) is 1.18. The topological polar surface area (TPSA) is 12.0 Å². The summed E-state index contributed by atoms with van der Waals surface area (Å²) >= 11 is 5.86. The molecule has 1 unspecified atom stereocenters. The van der Waals surface area contributed by atoms with Crippen molar-refractivity contribution in [1.29, 1.82) is 0 Å². The van der Waals surface area contributed by atoms with E-state index in [0.29, 0.717) is 6.04 Å². The van der Waals surface area contributed by atoms with Gasteiger partial charge in [0.25, 0.3) is 0 Å². The maximum Gasteiger partial charge on any atom is 0.0406 e. The molecular weight excluding hydrogens is 241 g/mol. The molecule has 0 amide bonds. The standard InChI is InChI=1S/C13H18ClN.ClH/c14-12-7-5-11(6-8-12)10-13-4-2-1-3-9-15-13;/h5-8,13,15H,1-4,9-10H2;1H. The van der Waals surface area contributed by atoms with Gasteiger partial charge < -0.3 is 5.32 Å². The molecule has 1 heterocycles. The number of hydrogen-bond donors (Lipinski definition) is 1. The molecule has 1 aromatic rings. The van der Waals surface area contributed by atoms with Crippen LogP contribution in [0.1, 0.15) is 31.2 Å². The second-order valence-corrected chi connectivity index (χ2v) is 4.77. The second kappa shape index (κ2) is 7.16. The number of hydrogen-bond acceptors (Lipinski definition) is 1. The van der Waals surface area contributed by atoms with Crippen LogP contribution in [0.25, 0.3) is 0 Å². The normalized spacial score (nSPS) is 20.9. The first-order chi connectivity index (χ1) is 7.34. The predicted octanol–water partition coefficient (Wildman–Crippen LogP) is 3.84. The molecule has 0 bridgehead atoms. The molecule has 1 aromatic carbocycles. The van der Waals surface area contributed by atoms with E-state index in [1.165, 1.54) is 37.8 Å². The lowest BCUT2D eigenvalue weighted by Gasteiger charge is -2.15. The molecule has 16 heavy (non-hydrogen) atoms. The van der Waals surface area contributed by atoms with Gasteiger partial charge in [0.1, 0.15) is 0 Å². The fourth-order valence-electron chi connectivity index (χ4n) is 2.18. The van der Waals surface area contributed by atoms with Gasteiger partial charge in [0.15, 0.2) is 0 Å². The summed E-state index contributed by atoms with van der Waals surface area (Å²) in [5.74, 6) is 0. The second-order valence-electron chi connectivity index (χ2n) is 4.33. The minimum Gasteiger partial charge on any atom is -0.314 e. The Balaban J connectivity index is 0.00000128. The van der Waals surface area contributed by atoms with Gasteiger partial charge in [-0.2, -0.15) is 0 Å². The highest BCUT2D eigenvalue weighted by atomic mass is 35.5. The minimum atomic E-state index is 0. The summed E-state index contributed by atoms with van der Waals surface area (Å²) in [7, 11) is 0. The van der Waals surface area contributed by atoms with E-state index < -0.39 is 0 Å². The van der Waals surface area contributed by atoms with Crippen LogP contribution >= 0.6 is 24.0 Å². The smallest absolute Gasteiger partial charge is 0.0406 e. The fourth-order valence-corrected chi connectivity index (χ4v) is 2.31. The van der Waals surface area contributed by atoms with Crippen LogP contribution in [0.4, 0.5) is 0 Å². The van der Waals surface area contributed by atoms with Gasteiger partial charge in [0.05, 0.1) is 0 Å². The summed E-state index contributed by atoms with van der Waals surface area (Å²) < 4.78 is 0. The van der Waals surface area contributed by atoms with E-state index in [4.69, 9.17) is 11.6 Å². The van der Waals surface area contributed by atoms with E-state index in [1.54, 1.807) is 0 Å². The lowest BCUT2D eigenvalue weighted by molar-refractivity contribution is 0.507. The Morgan fingerprint density at radius 1 is 1.12 bits per heavy atom. The largest absolute Gasteiger partial charge is 0.314 e. The van der Waals surface area contributed by atoms with Crippen LogP contribution in [0.3, 0.4) is 0 Å². The van der Waals surface area contributed by atoms with Crippen molar-refractivity contribution in [2.24, 2.45) is 0 Å². The van der Waals surface area contributed by atoms with Crippen LogP contribution in [-0.4, -0.2) is 12.6 Å². The van der Waals surface area contributed by atoms with Crippen molar-refractivity contribution >= 4 is 24.0 Å². The molecule has 0 saturated carbocycles. The third-order valence-corrected chi connectivity index (χ3v) is 3.31. The van der Waals surface area contributed by atoms with Gasteiger partial charge in [-0.05, 0) is 43.5 Å². The quantitative estimate of drug-likeness (QED) is 0.852. The van der Waals surface area contributed by atoms with Crippen LogP contribution in [0, 0.1) is 0 Å². The van der Waals surface area contributed by atoms with E-state index >= 15 is 0 Å². The van der Waals surface area contributed by atoms with Crippen molar-refractivity contribution in [3.63, 3.8) is 0 Å². The molecule has 2 rings (SSSR count). The van der Waals surface area contributed by atoms with Gasteiger partial charge in [-0.25, -0.2) is 0 Å². The van der Waals surface area contributed by atoms with Gasteiger partial charge in [0.2, 0.25) is 0 Å². The third-order valence-electron chi connectivity index (χ3n) is 3.06. The molecule has 0 aromatic heterocycles. The first kappa shape index (κ1) is 13.8. The molecule has 1 atom stereocenters. The molecule has 3 heteroatoms. The van der Waals surface area contributed by atoms with Crippen LogP contribution in [-0.2, 0) is 6.42 Å². The average molecular weight is 260 g/mol. The highest BCUT2D eigenvalue weighted by Gasteiger charge is 2.11. The maximum absolute atomic E-state index is 5.86. The highest BCUT2D eigenvalue weighted by molar-refractivity contribution is 6.30. The lowest BCUT2D eigenvalue weighted by atomic mass is 10.0. The Kier molecular flexibility index (Phi) is 6.18. The lowest BCUT2D eigenvalue weighted by Crippen LogP contribution is -2.30. The Bertz CT molecular complexity index is 289. The molecule has 0 spiro atoms. The van der Waals surface area contributed by atoms with Gasteiger partial charge in [-0.1, -0.05) is 36.6 Å². The van der Waals surface area contributed by atoms with Crippen molar-refractivity contribution in [2.75, 3.05) is 6.54 Å². The molecule has 90 valence electrons. The molecule has 1 nitrogen and oxygen atoms in total. The fraction of sp³-hybridized carbons (Fsp3) is 0.538. The van der Waals surface area contributed by atoms with E-state index in [-0.39, 0.29) is 12.4 Å². The highest BCUT2D eigenvalue weighted by Crippen LogP contribution is 2.15. The Hall–Kier alpha value is -0.240. The Morgan fingerprint density at radius 2 is 1.88 bits per heavy atom. The molecule has 1 aliphatic rings. The van der Waals surface area contributed by atoms with Crippen LogP contribution < -0.4 is 5.32 Å². The van der Waals surface area contributed by atoms with Crippen molar-refractivity contribution in [3.05, 3.63) is 34.9 Å².